The molecule has 1 aromatic carbocycles. The minimum atomic E-state index is -0.446. The quantitative estimate of drug-likeness (QED) is 0.411. The maximum atomic E-state index is 11.2. The maximum Gasteiger partial charge on any atom is 0.239 e. The molecule has 7 nitrogen and oxygen atoms in total. The van der Waals surface area contributed by atoms with Gasteiger partial charge in [-0.25, -0.2) is 9.97 Å². The molecule has 3 N–H and O–H groups in total. The van der Waals surface area contributed by atoms with E-state index in [1.54, 1.807) is 34.9 Å². The third-order valence-corrected chi connectivity index (χ3v) is 6.20. The van der Waals surface area contributed by atoms with Gasteiger partial charge in [0.05, 0.1) is 10.3 Å². The average Bonchev–Trinajstić information content (AvgIpc) is 3.49. The molecule has 5 aromatic rings. The van der Waals surface area contributed by atoms with Crippen LogP contribution in [0.15, 0.2) is 65.5 Å². The van der Waals surface area contributed by atoms with Crippen molar-refractivity contribution in [1.29, 1.82) is 0 Å². The fourth-order valence-electron chi connectivity index (χ4n) is 3.18. The summed E-state index contributed by atoms with van der Waals surface area (Å²) in [5.74, 6) is 1.47. The van der Waals surface area contributed by atoms with Gasteiger partial charge in [-0.2, -0.15) is 5.10 Å². The van der Waals surface area contributed by atoms with Crippen molar-refractivity contribution in [1.82, 2.24) is 19.7 Å². The van der Waals surface area contributed by atoms with Crippen molar-refractivity contribution in [3.63, 3.8) is 0 Å². The number of aromatic nitrogens is 4. The second-order valence-electron chi connectivity index (χ2n) is 6.56. The highest BCUT2D eigenvalue weighted by molar-refractivity contribution is 7.17. The lowest BCUT2D eigenvalue weighted by atomic mass is 10.1. The van der Waals surface area contributed by atoms with E-state index in [4.69, 9.17) is 15.7 Å². The third-order valence-electron chi connectivity index (χ3n) is 4.46. The zero-order chi connectivity index (χ0) is 20.5. The normalized spacial score (nSPS) is 11.1. The summed E-state index contributed by atoms with van der Waals surface area (Å²) in [5, 5.41) is 12.7. The number of hydrogen-bond donors (Lipinski definition) is 2. The summed E-state index contributed by atoms with van der Waals surface area (Å²) in [6.45, 7) is 0.0228. The van der Waals surface area contributed by atoms with Crippen molar-refractivity contribution in [2.24, 2.45) is 5.73 Å². The van der Waals surface area contributed by atoms with Gasteiger partial charge in [-0.15, -0.1) is 22.7 Å². The summed E-state index contributed by atoms with van der Waals surface area (Å²) < 4.78 is 1.50. The van der Waals surface area contributed by atoms with E-state index in [0.29, 0.717) is 17.5 Å². The van der Waals surface area contributed by atoms with E-state index in [0.717, 1.165) is 26.2 Å². The number of anilines is 2. The van der Waals surface area contributed by atoms with Crippen molar-refractivity contribution in [2.45, 2.75) is 6.54 Å². The minimum absolute atomic E-state index is 0.0228. The Bertz CT molecular complexity index is 1320. The molecule has 0 fully saturated rings. The van der Waals surface area contributed by atoms with Crippen LogP contribution in [0.2, 0.25) is 0 Å². The Morgan fingerprint density at radius 1 is 1.07 bits per heavy atom. The molecule has 0 aliphatic carbocycles. The van der Waals surface area contributed by atoms with Gasteiger partial charge in [0, 0.05) is 23.2 Å². The predicted octanol–water partition coefficient (Wildman–Crippen LogP) is 4.51. The fraction of sp³-hybridized carbons (Fsp3) is 0.0476. The Labute approximate surface area is 179 Å². The molecule has 148 valence electrons. The number of benzene rings is 1. The Kier molecular flexibility index (Phi) is 4.74. The van der Waals surface area contributed by atoms with E-state index < -0.39 is 5.91 Å². The van der Waals surface area contributed by atoms with Gasteiger partial charge < -0.3 is 11.1 Å². The molecule has 4 aromatic heterocycles. The molecule has 0 aliphatic heterocycles. The van der Waals surface area contributed by atoms with E-state index in [1.165, 1.54) is 4.68 Å². The Hall–Kier alpha value is -3.56. The van der Waals surface area contributed by atoms with Gasteiger partial charge >= 0.3 is 0 Å². The molecule has 0 saturated heterocycles. The van der Waals surface area contributed by atoms with Crippen LogP contribution in [-0.2, 0) is 11.3 Å². The standard InChI is InChI=1S/C21H16N6OS2/c22-16(28)11-27-9-8-17(26-27)23-20-18-14(13-5-2-1-3-6-13)12-30-21(18)25-19(24-20)15-7-4-10-29-15/h1-10,12H,11H2,(H2,22,28)(H,23,24,25,26). The SMILES string of the molecule is NC(=O)Cn1ccc(Nc2nc(-c3cccs3)nc3scc(-c4ccccc4)c23)n1. The molecule has 30 heavy (non-hydrogen) atoms. The predicted molar refractivity (Wildman–Crippen MR) is 121 cm³/mol. The van der Waals surface area contributed by atoms with Gasteiger partial charge in [0.1, 0.15) is 17.2 Å². The van der Waals surface area contributed by atoms with E-state index in [9.17, 15) is 4.79 Å². The molecule has 0 aliphatic rings. The number of nitrogens with zero attached hydrogens (tertiary/aromatic N) is 4. The summed E-state index contributed by atoms with van der Waals surface area (Å²) >= 11 is 3.18. The first kappa shape index (κ1) is 18.5. The second kappa shape index (κ2) is 7.69. The van der Waals surface area contributed by atoms with Crippen LogP contribution in [0.5, 0.6) is 0 Å². The van der Waals surface area contributed by atoms with Crippen LogP contribution in [0, 0.1) is 0 Å². The van der Waals surface area contributed by atoms with Crippen LogP contribution in [0.4, 0.5) is 11.6 Å². The lowest BCUT2D eigenvalue weighted by molar-refractivity contribution is -0.118. The number of thiophene rings is 2. The van der Waals surface area contributed by atoms with Gasteiger partial charge in [0.2, 0.25) is 5.91 Å². The summed E-state index contributed by atoms with van der Waals surface area (Å²) in [5.41, 5.74) is 7.43. The number of carbonyl (C=O) groups is 1. The summed E-state index contributed by atoms with van der Waals surface area (Å²) in [6, 6.07) is 15.9. The van der Waals surface area contributed by atoms with Gasteiger partial charge in [-0.05, 0) is 17.0 Å². The van der Waals surface area contributed by atoms with E-state index >= 15 is 0 Å². The first-order valence-corrected chi connectivity index (χ1v) is 10.9. The highest BCUT2D eigenvalue weighted by atomic mass is 32.1. The number of fused-ring (bicyclic) bond motifs is 1. The Morgan fingerprint density at radius 2 is 1.93 bits per heavy atom. The van der Waals surface area contributed by atoms with Gasteiger partial charge in [-0.3, -0.25) is 9.48 Å². The van der Waals surface area contributed by atoms with Crippen LogP contribution in [0.25, 0.3) is 32.0 Å². The lowest BCUT2D eigenvalue weighted by Crippen LogP contribution is -2.18. The molecule has 0 bridgehead atoms. The molecule has 0 radical (unpaired) electrons. The summed E-state index contributed by atoms with van der Waals surface area (Å²) in [4.78, 5) is 22.7. The Morgan fingerprint density at radius 3 is 2.70 bits per heavy atom. The molecule has 0 atom stereocenters. The molecular formula is C21H16N6OS2. The van der Waals surface area contributed by atoms with Crippen LogP contribution < -0.4 is 11.1 Å². The average molecular weight is 433 g/mol. The Balaban J connectivity index is 1.64. The lowest BCUT2D eigenvalue weighted by Gasteiger charge is -2.09. The van der Waals surface area contributed by atoms with E-state index in [1.807, 2.05) is 35.7 Å². The molecule has 0 saturated carbocycles. The van der Waals surface area contributed by atoms with Crippen LogP contribution in [-0.4, -0.2) is 25.7 Å². The zero-order valence-electron chi connectivity index (χ0n) is 15.6. The van der Waals surface area contributed by atoms with Crippen LogP contribution in [0.1, 0.15) is 0 Å². The molecule has 9 heteroatoms. The minimum Gasteiger partial charge on any atom is -0.368 e. The van der Waals surface area contributed by atoms with Gasteiger partial charge in [-0.1, -0.05) is 36.4 Å². The maximum absolute atomic E-state index is 11.2. The van der Waals surface area contributed by atoms with Crippen molar-refractivity contribution < 1.29 is 4.79 Å². The van der Waals surface area contributed by atoms with Gasteiger partial charge in [0.25, 0.3) is 0 Å². The highest BCUT2D eigenvalue weighted by Crippen LogP contribution is 2.39. The molecule has 4 heterocycles. The topological polar surface area (TPSA) is 98.7 Å². The summed E-state index contributed by atoms with van der Waals surface area (Å²) in [6.07, 6.45) is 1.71. The van der Waals surface area contributed by atoms with Crippen molar-refractivity contribution in [2.75, 3.05) is 5.32 Å². The number of hydrogen-bond acceptors (Lipinski definition) is 7. The molecule has 0 spiro atoms. The van der Waals surface area contributed by atoms with Crippen LogP contribution >= 0.6 is 22.7 Å². The number of nitrogens with two attached hydrogens (primary N) is 1. The van der Waals surface area contributed by atoms with Crippen molar-refractivity contribution >= 4 is 50.4 Å². The monoisotopic (exact) mass is 432 g/mol. The largest absolute Gasteiger partial charge is 0.368 e. The summed E-state index contributed by atoms with van der Waals surface area (Å²) in [7, 11) is 0. The fourth-order valence-corrected chi connectivity index (χ4v) is 4.78. The number of rotatable bonds is 6. The second-order valence-corrected chi connectivity index (χ2v) is 8.36. The third kappa shape index (κ3) is 3.56. The van der Waals surface area contributed by atoms with Crippen molar-refractivity contribution in [3.8, 4) is 21.8 Å². The van der Waals surface area contributed by atoms with Crippen LogP contribution in [0.3, 0.4) is 0 Å². The molecular weight excluding hydrogens is 416 g/mol. The first-order chi connectivity index (χ1) is 14.7. The number of nitrogens with one attached hydrogen (secondary N) is 1. The number of amides is 1. The molecule has 0 unspecified atom stereocenters. The smallest absolute Gasteiger partial charge is 0.239 e. The number of primary amides is 1. The molecule has 5 rings (SSSR count). The highest BCUT2D eigenvalue weighted by Gasteiger charge is 2.17. The molecule has 1 amide bonds. The van der Waals surface area contributed by atoms with Gasteiger partial charge in [0.15, 0.2) is 11.6 Å². The zero-order valence-corrected chi connectivity index (χ0v) is 17.3. The van der Waals surface area contributed by atoms with E-state index in [-0.39, 0.29) is 6.54 Å². The van der Waals surface area contributed by atoms with Crippen molar-refractivity contribution in [3.05, 3.63) is 65.5 Å². The number of carbonyl (C=O) groups excluding carboxylic acids is 1. The first-order valence-electron chi connectivity index (χ1n) is 9.15. The van der Waals surface area contributed by atoms with E-state index in [2.05, 4.69) is 27.9 Å².